The molecule has 21 heavy (non-hydrogen) atoms. The highest BCUT2D eigenvalue weighted by atomic mass is 79.9. The molecule has 9 heteroatoms. The van der Waals surface area contributed by atoms with E-state index >= 15 is 0 Å². The van der Waals surface area contributed by atoms with Crippen LogP contribution in [0.4, 0.5) is 5.69 Å². The Balaban J connectivity index is 2.05. The van der Waals surface area contributed by atoms with Crippen LogP contribution in [0.3, 0.4) is 0 Å². The van der Waals surface area contributed by atoms with Gasteiger partial charge in [-0.05, 0) is 30.3 Å². The minimum Gasteiger partial charge on any atom is -0.277 e. The molecule has 0 fully saturated rings. The van der Waals surface area contributed by atoms with Crippen molar-refractivity contribution in [2.75, 3.05) is 4.72 Å². The van der Waals surface area contributed by atoms with Crippen molar-refractivity contribution >= 4 is 66.0 Å². The molecule has 3 aromatic rings. The SMILES string of the molecule is O=S(=O)(Nc1cccc2nsnc12)c1ccc(Br)cc1Cl. The Bertz CT molecular complexity index is 927. The van der Waals surface area contributed by atoms with E-state index in [9.17, 15) is 8.42 Å². The minimum atomic E-state index is -3.80. The first-order chi connectivity index (χ1) is 9.97. The van der Waals surface area contributed by atoms with Gasteiger partial charge in [0.2, 0.25) is 0 Å². The van der Waals surface area contributed by atoms with Gasteiger partial charge in [-0.2, -0.15) is 8.75 Å². The molecule has 0 bridgehead atoms. The molecule has 3 rings (SSSR count). The van der Waals surface area contributed by atoms with Crippen LogP contribution >= 0.6 is 39.3 Å². The highest BCUT2D eigenvalue weighted by Crippen LogP contribution is 2.29. The predicted octanol–water partition coefficient (Wildman–Crippen LogP) is 3.91. The lowest BCUT2D eigenvalue weighted by Crippen LogP contribution is -2.13. The second-order valence-electron chi connectivity index (χ2n) is 4.12. The molecule has 0 spiro atoms. The van der Waals surface area contributed by atoms with E-state index in [0.717, 1.165) is 11.7 Å². The molecule has 0 aliphatic carbocycles. The quantitative estimate of drug-likeness (QED) is 0.718. The number of halogens is 2. The molecule has 1 aromatic heterocycles. The van der Waals surface area contributed by atoms with Gasteiger partial charge < -0.3 is 0 Å². The zero-order chi connectivity index (χ0) is 15.0. The van der Waals surface area contributed by atoms with Crippen LogP contribution in [0.2, 0.25) is 5.02 Å². The number of nitrogens with zero attached hydrogens (tertiary/aromatic N) is 2. The van der Waals surface area contributed by atoms with E-state index in [-0.39, 0.29) is 9.92 Å². The van der Waals surface area contributed by atoms with Crippen molar-refractivity contribution in [2.24, 2.45) is 0 Å². The summed E-state index contributed by atoms with van der Waals surface area (Å²) in [6, 6.07) is 9.70. The fourth-order valence-corrected chi connectivity index (χ4v) is 4.44. The topological polar surface area (TPSA) is 72.0 Å². The van der Waals surface area contributed by atoms with Crippen LogP contribution in [-0.4, -0.2) is 17.2 Å². The molecule has 0 aliphatic rings. The first kappa shape index (κ1) is 14.7. The number of rotatable bonds is 3. The first-order valence-electron chi connectivity index (χ1n) is 5.66. The summed E-state index contributed by atoms with van der Waals surface area (Å²) in [5.41, 5.74) is 1.53. The van der Waals surface area contributed by atoms with Crippen molar-refractivity contribution in [3.63, 3.8) is 0 Å². The van der Waals surface area contributed by atoms with Crippen LogP contribution in [0.25, 0.3) is 11.0 Å². The summed E-state index contributed by atoms with van der Waals surface area (Å²) >= 11 is 10.3. The normalized spacial score (nSPS) is 11.7. The molecule has 1 heterocycles. The van der Waals surface area contributed by atoms with E-state index in [1.807, 2.05) is 0 Å². The highest BCUT2D eigenvalue weighted by Gasteiger charge is 2.19. The van der Waals surface area contributed by atoms with E-state index < -0.39 is 10.0 Å². The van der Waals surface area contributed by atoms with Gasteiger partial charge in [0.1, 0.15) is 15.9 Å². The third kappa shape index (κ3) is 2.89. The number of hydrogen-bond acceptors (Lipinski definition) is 5. The number of aromatic nitrogens is 2. The minimum absolute atomic E-state index is 0.00700. The molecular formula is C12H7BrClN3O2S2. The maximum absolute atomic E-state index is 12.4. The molecule has 0 radical (unpaired) electrons. The van der Waals surface area contributed by atoms with Crippen LogP contribution in [0, 0.1) is 0 Å². The Morgan fingerprint density at radius 1 is 1.19 bits per heavy atom. The van der Waals surface area contributed by atoms with Gasteiger partial charge in [0, 0.05) is 4.47 Å². The second-order valence-corrected chi connectivity index (χ2v) is 7.62. The number of fused-ring (bicyclic) bond motifs is 1. The third-order valence-corrected chi connectivity index (χ3v) is 5.60. The fraction of sp³-hybridized carbons (Fsp3) is 0. The summed E-state index contributed by atoms with van der Waals surface area (Å²) in [7, 11) is -3.80. The zero-order valence-corrected chi connectivity index (χ0v) is 14.2. The molecule has 0 saturated carbocycles. The predicted molar refractivity (Wildman–Crippen MR) is 87.4 cm³/mol. The molecule has 0 atom stereocenters. The molecule has 0 amide bonds. The number of sulfonamides is 1. The maximum Gasteiger partial charge on any atom is 0.263 e. The van der Waals surface area contributed by atoms with E-state index in [1.54, 1.807) is 24.3 Å². The molecule has 0 aliphatic heterocycles. The average molecular weight is 405 g/mol. The standard InChI is InChI=1S/C12H7BrClN3O2S2/c13-7-4-5-11(8(14)6-7)21(18,19)17-10-3-1-2-9-12(10)16-20-15-9/h1-6,17H. The second kappa shape index (κ2) is 5.53. The summed E-state index contributed by atoms with van der Waals surface area (Å²) in [5, 5.41) is 0.139. The number of hydrogen-bond donors (Lipinski definition) is 1. The summed E-state index contributed by atoms with van der Waals surface area (Å²) in [6.45, 7) is 0. The van der Waals surface area contributed by atoms with Gasteiger partial charge in [-0.3, -0.25) is 4.72 Å². The lowest BCUT2D eigenvalue weighted by atomic mass is 10.3. The molecule has 108 valence electrons. The number of benzene rings is 2. The van der Waals surface area contributed by atoms with Crippen molar-refractivity contribution in [3.8, 4) is 0 Å². The summed E-state index contributed by atoms with van der Waals surface area (Å²) in [4.78, 5) is 0.00700. The van der Waals surface area contributed by atoms with Crippen molar-refractivity contribution in [3.05, 3.63) is 45.9 Å². The van der Waals surface area contributed by atoms with Crippen molar-refractivity contribution in [1.29, 1.82) is 0 Å². The van der Waals surface area contributed by atoms with Crippen molar-refractivity contribution in [2.45, 2.75) is 4.90 Å². The maximum atomic E-state index is 12.4. The van der Waals surface area contributed by atoms with Crippen LogP contribution in [0.15, 0.2) is 45.8 Å². The Kier molecular flexibility index (Phi) is 3.87. The zero-order valence-electron chi connectivity index (χ0n) is 10.2. The van der Waals surface area contributed by atoms with Gasteiger partial charge in [-0.25, -0.2) is 8.42 Å². The first-order valence-corrected chi connectivity index (χ1v) is 9.05. The number of nitrogens with one attached hydrogen (secondary N) is 1. The van der Waals surface area contributed by atoms with Crippen LogP contribution in [0.5, 0.6) is 0 Å². The molecule has 1 N–H and O–H groups in total. The van der Waals surface area contributed by atoms with Crippen LogP contribution in [0.1, 0.15) is 0 Å². The van der Waals surface area contributed by atoms with E-state index in [4.69, 9.17) is 11.6 Å². The lowest BCUT2D eigenvalue weighted by molar-refractivity contribution is 0.601. The van der Waals surface area contributed by atoms with Gasteiger partial charge in [0.15, 0.2) is 0 Å². The van der Waals surface area contributed by atoms with Gasteiger partial charge in [-0.1, -0.05) is 33.6 Å². The summed E-state index contributed by atoms with van der Waals surface area (Å²) in [5.74, 6) is 0. The molecule has 0 unspecified atom stereocenters. The van der Waals surface area contributed by atoms with E-state index in [0.29, 0.717) is 21.2 Å². The Morgan fingerprint density at radius 3 is 2.76 bits per heavy atom. The molecule has 2 aromatic carbocycles. The Morgan fingerprint density at radius 2 is 2.00 bits per heavy atom. The largest absolute Gasteiger partial charge is 0.277 e. The van der Waals surface area contributed by atoms with Crippen LogP contribution in [-0.2, 0) is 10.0 Å². The monoisotopic (exact) mass is 403 g/mol. The van der Waals surface area contributed by atoms with Crippen molar-refractivity contribution < 1.29 is 8.42 Å². The van der Waals surface area contributed by atoms with Crippen LogP contribution < -0.4 is 4.72 Å². The van der Waals surface area contributed by atoms with Gasteiger partial charge in [-0.15, -0.1) is 0 Å². The lowest BCUT2D eigenvalue weighted by Gasteiger charge is -2.10. The van der Waals surface area contributed by atoms with E-state index in [2.05, 4.69) is 29.4 Å². The molecule has 0 saturated heterocycles. The molecule has 5 nitrogen and oxygen atoms in total. The van der Waals surface area contributed by atoms with Gasteiger partial charge in [0.05, 0.1) is 22.4 Å². The summed E-state index contributed by atoms with van der Waals surface area (Å²) in [6.07, 6.45) is 0. The van der Waals surface area contributed by atoms with Gasteiger partial charge >= 0.3 is 0 Å². The molecular weight excluding hydrogens is 398 g/mol. The highest BCUT2D eigenvalue weighted by molar-refractivity contribution is 9.10. The fourth-order valence-electron chi connectivity index (χ4n) is 1.78. The summed E-state index contributed by atoms with van der Waals surface area (Å²) < 4.78 is 36.3. The van der Waals surface area contributed by atoms with Gasteiger partial charge in [0.25, 0.3) is 10.0 Å². The number of anilines is 1. The smallest absolute Gasteiger partial charge is 0.263 e. The van der Waals surface area contributed by atoms with Crippen molar-refractivity contribution in [1.82, 2.24) is 8.75 Å². The van der Waals surface area contributed by atoms with E-state index in [1.165, 1.54) is 12.1 Å². The third-order valence-electron chi connectivity index (χ3n) is 2.71. The Labute approximate surface area is 138 Å². The Hall–Kier alpha value is -1.22. The average Bonchev–Trinajstić information content (AvgIpc) is 2.87.